The Kier molecular flexibility index (Phi) is 6.40. The van der Waals surface area contributed by atoms with Crippen LogP contribution in [0.3, 0.4) is 0 Å². The van der Waals surface area contributed by atoms with Gasteiger partial charge in [-0.25, -0.2) is 0 Å². The number of hydrogen-bond acceptors (Lipinski definition) is 3. The number of amides is 1. The highest BCUT2D eigenvalue weighted by Crippen LogP contribution is 2.24. The Morgan fingerprint density at radius 1 is 0.808 bits per heavy atom. The molecule has 0 spiro atoms. The SMILES string of the molecule is O=C(COCc1ccccc1)NCc1ccccc1Oc1ccccc1. The summed E-state index contributed by atoms with van der Waals surface area (Å²) in [7, 11) is 0. The molecule has 1 N–H and O–H groups in total. The van der Waals surface area contributed by atoms with Gasteiger partial charge in [0.25, 0.3) is 0 Å². The Hall–Kier alpha value is -3.11. The molecule has 132 valence electrons. The largest absolute Gasteiger partial charge is 0.457 e. The van der Waals surface area contributed by atoms with Crippen LogP contribution in [0, 0.1) is 0 Å². The molecule has 0 saturated carbocycles. The van der Waals surface area contributed by atoms with Crippen molar-refractivity contribution in [3.63, 3.8) is 0 Å². The van der Waals surface area contributed by atoms with Gasteiger partial charge in [-0.05, 0) is 23.8 Å². The predicted octanol–water partition coefficient (Wildman–Crippen LogP) is 4.31. The zero-order valence-electron chi connectivity index (χ0n) is 14.4. The Bertz CT molecular complexity index is 819. The van der Waals surface area contributed by atoms with E-state index in [2.05, 4.69) is 5.32 Å². The van der Waals surface area contributed by atoms with Gasteiger partial charge in [0.1, 0.15) is 18.1 Å². The third-order valence-corrected chi connectivity index (χ3v) is 3.76. The number of carbonyl (C=O) groups is 1. The molecule has 0 saturated heterocycles. The van der Waals surface area contributed by atoms with Crippen LogP contribution >= 0.6 is 0 Å². The number of rotatable bonds is 8. The molecule has 0 aromatic heterocycles. The van der Waals surface area contributed by atoms with Crippen molar-refractivity contribution in [3.05, 3.63) is 96.1 Å². The molecule has 3 aromatic carbocycles. The number of benzene rings is 3. The van der Waals surface area contributed by atoms with Gasteiger partial charge in [0.2, 0.25) is 5.91 Å². The van der Waals surface area contributed by atoms with Crippen LogP contribution in [0.5, 0.6) is 11.5 Å². The first kappa shape index (κ1) is 17.7. The van der Waals surface area contributed by atoms with Crippen molar-refractivity contribution < 1.29 is 14.3 Å². The fourth-order valence-electron chi connectivity index (χ4n) is 2.45. The van der Waals surface area contributed by atoms with E-state index in [1.54, 1.807) is 0 Å². The molecule has 3 rings (SSSR count). The van der Waals surface area contributed by atoms with Crippen molar-refractivity contribution in [2.24, 2.45) is 0 Å². The number of ether oxygens (including phenoxy) is 2. The smallest absolute Gasteiger partial charge is 0.246 e. The van der Waals surface area contributed by atoms with Gasteiger partial charge in [0, 0.05) is 12.1 Å². The molecule has 0 radical (unpaired) electrons. The topological polar surface area (TPSA) is 47.6 Å². The van der Waals surface area contributed by atoms with E-state index in [0.29, 0.717) is 13.2 Å². The van der Waals surface area contributed by atoms with Crippen molar-refractivity contribution >= 4 is 5.91 Å². The summed E-state index contributed by atoms with van der Waals surface area (Å²) in [6.07, 6.45) is 0. The number of hydrogen-bond donors (Lipinski definition) is 1. The average molecular weight is 347 g/mol. The second-order valence-corrected chi connectivity index (χ2v) is 5.78. The van der Waals surface area contributed by atoms with Crippen molar-refractivity contribution in [2.75, 3.05) is 6.61 Å². The lowest BCUT2D eigenvalue weighted by Crippen LogP contribution is -2.27. The van der Waals surface area contributed by atoms with Gasteiger partial charge < -0.3 is 14.8 Å². The van der Waals surface area contributed by atoms with Gasteiger partial charge in [-0.3, -0.25) is 4.79 Å². The van der Waals surface area contributed by atoms with Gasteiger partial charge in [-0.1, -0.05) is 66.7 Å². The molecule has 4 heteroatoms. The molecule has 3 aromatic rings. The first-order valence-electron chi connectivity index (χ1n) is 8.50. The molecule has 0 aliphatic heterocycles. The Labute approximate surface area is 153 Å². The van der Waals surface area contributed by atoms with Crippen LogP contribution in [-0.4, -0.2) is 12.5 Å². The van der Waals surface area contributed by atoms with Gasteiger partial charge in [-0.2, -0.15) is 0 Å². The van der Waals surface area contributed by atoms with Crippen molar-refractivity contribution in [3.8, 4) is 11.5 Å². The van der Waals surface area contributed by atoms with Gasteiger partial charge >= 0.3 is 0 Å². The molecule has 0 heterocycles. The normalized spacial score (nSPS) is 10.3. The van der Waals surface area contributed by atoms with Crippen LogP contribution in [0.4, 0.5) is 0 Å². The highest BCUT2D eigenvalue weighted by Gasteiger charge is 2.07. The summed E-state index contributed by atoms with van der Waals surface area (Å²) in [6.45, 7) is 0.828. The molecule has 0 aliphatic rings. The monoisotopic (exact) mass is 347 g/mol. The molecule has 0 fully saturated rings. The fourth-order valence-corrected chi connectivity index (χ4v) is 2.45. The second-order valence-electron chi connectivity index (χ2n) is 5.78. The summed E-state index contributed by atoms with van der Waals surface area (Å²) in [5.41, 5.74) is 1.95. The highest BCUT2D eigenvalue weighted by molar-refractivity contribution is 5.77. The third kappa shape index (κ3) is 5.46. The van der Waals surface area contributed by atoms with E-state index in [9.17, 15) is 4.79 Å². The molecule has 0 bridgehead atoms. The van der Waals surface area contributed by atoms with E-state index in [0.717, 1.165) is 22.6 Å². The predicted molar refractivity (Wildman–Crippen MR) is 101 cm³/mol. The van der Waals surface area contributed by atoms with Crippen LogP contribution in [0.2, 0.25) is 0 Å². The van der Waals surface area contributed by atoms with Crippen LogP contribution in [0.15, 0.2) is 84.9 Å². The lowest BCUT2D eigenvalue weighted by Gasteiger charge is -2.12. The van der Waals surface area contributed by atoms with Crippen LogP contribution in [0.1, 0.15) is 11.1 Å². The van der Waals surface area contributed by atoms with E-state index in [-0.39, 0.29) is 12.5 Å². The zero-order valence-corrected chi connectivity index (χ0v) is 14.4. The molecule has 1 amide bonds. The highest BCUT2D eigenvalue weighted by atomic mass is 16.5. The third-order valence-electron chi connectivity index (χ3n) is 3.76. The quantitative estimate of drug-likeness (QED) is 0.660. The first-order chi connectivity index (χ1) is 12.8. The molecule has 0 atom stereocenters. The lowest BCUT2D eigenvalue weighted by atomic mass is 10.2. The Balaban J connectivity index is 1.49. The average Bonchev–Trinajstić information content (AvgIpc) is 2.69. The van der Waals surface area contributed by atoms with Gasteiger partial charge in [0.05, 0.1) is 6.61 Å². The lowest BCUT2D eigenvalue weighted by molar-refractivity contribution is -0.126. The van der Waals surface area contributed by atoms with E-state index in [1.165, 1.54) is 0 Å². The van der Waals surface area contributed by atoms with Crippen molar-refractivity contribution in [1.29, 1.82) is 0 Å². The van der Waals surface area contributed by atoms with Crippen molar-refractivity contribution in [1.82, 2.24) is 5.32 Å². The molecular formula is C22H21NO3. The van der Waals surface area contributed by atoms with Gasteiger partial charge in [-0.15, -0.1) is 0 Å². The van der Waals surface area contributed by atoms with Crippen LogP contribution < -0.4 is 10.1 Å². The molecule has 26 heavy (non-hydrogen) atoms. The Morgan fingerprint density at radius 3 is 2.23 bits per heavy atom. The minimum atomic E-state index is -0.157. The van der Waals surface area contributed by atoms with Crippen LogP contribution in [-0.2, 0) is 22.7 Å². The summed E-state index contributed by atoms with van der Waals surface area (Å²) in [6, 6.07) is 27.0. The Morgan fingerprint density at radius 2 is 1.46 bits per heavy atom. The standard InChI is InChI=1S/C22H21NO3/c24-22(17-25-16-18-9-3-1-4-10-18)23-15-19-11-7-8-14-21(19)26-20-12-5-2-6-13-20/h1-14H,15-17H2,(H,23,24). The summed E-state index contributed by atoms with van der Waals surface area (Å²) in [4.78, 5) is 12.0. The summed E-state index contributed by atoms with van der Waals surface area (Å²) >= 11 is 0. The van der Waals surface area contributed by atoms with E-state index in [1.807, 2.05) is 84.9 Å². The zero-order chi connectivity index (χ0) is 18.0. The molecule has 0 aliphatic carbocycles. The number of nitrogens with one attached hydrogen (secondary N) is 1. The molecule has 4 nitrogen and oxygen atoms in total. The summed E-state index contributed by atoms with van der Waals surface area (Å²) < 4.78 is 11.4. The van der Waals surface area contributed by atoms with E-state index in [4.69, 9.17) is 9.47 Å². The maximum atomic E-state index is 12.0. The fraction of sp³-hybridized carbons (Fsp3) is 0.136. The van der Waals surface area contributed by atoms with E-state index < -0.39 is 0 Å². The van der Waals surface area contributed by atoms with E-state index >= 15 is 0 Å². The maximum absolute atomic E-state index is 12.0. The minimum absolute atomic E-state index is 0.0244. The summed E-state index contributed by atoms with van der Waals surface area (Å²) in [5, 5.41) is 2.87. The van der Waals surface area contributed by atoms with Crippen LogP contribution in [0.25, 0.3) is 0 Å². The molecular weight excluding hydrogens is 326 g/mol. The first-order valence-corrected chi connectivity index (χ1v) is 8.50. The molecule has 0 unspecified atom stereocenters. The minimum Gasteiger partial charge on any atom is -0.457 e. The second kappa shape index (κ2) is 9.39. The summed E-state index contributed by atoms with van der Waals surface area (Å²) in [5.74, 6) is 1.33. The van der Waals surface area contributed by atoms with Crippen molar-refractivity contribution in [2.45, 2.75) is 13.2 Å². The maximum Gasteiger partial charge on any atom is 0.246 e. The number of para-hydroxylation sites is 2. The number of carbonyl (C=O) groups excluding carboxylic acids is 1. The van der Waals surface area contributed by atoms with Gasteiger partial charge in [0.15, 0.2) is 0 Å².